The Morgan fingerprint density at radius 1 is 1.80 bits per heavy atom. The normalized spacial score (nSPS) is 12.2. The summed E-state index contributed by atoms with van der Waals surface area (Å²) in [5, 5.41) is 2.49. The van der Waals surface area contributed by atoms with Gasteiger partial charge >= 0.3 is 0 Å². The number of nitrogens with two attached hydrogens (primary N) is 1. The minimum Gasteiger partial charge on any atom is -0.354 e. The molecule has 0 aliphatic carbocycles. The van der Waals surface area contributed by atoms with Crippen molar-refractivity contribution in [2.75, 3.05) is 6.54 Å². The second kappa shape index (κ2) is 4.93. The molecule has 0 saturated carbocycles. The first-order valence-corrected chi connectivity index (χ1v) is 3.15. The van der Waals surface area contributed by atoms with E-state index in [4.69, 9.17) is 5.73 Å². The van der Waals surface area contributed by atoms with E-state index in [1.165, 1.54) is 0 Å². The largest absolute Gasteiger partial charge is 0.354 e. The van der Waals surface area contributed by atoms with Crippen molar-refractivity contribution in [2.24, 2.45) is 5.73 Å². The second-order valence-electron chi connectivity index (χ2n) is 2.04. The quantitative estimate of drug-likeness (QED) is 0.394. The van der Waals surface area contributed by atoms with Gasteiger partial charge in [-0.15, -0.1) is 0 Å². The van der Waals surface area contributed by atoms with Gasteiger partial charge in [0.15, 0.2) is 0 Å². The average molecular weight is 144 g/mol. The van der Waals surface area contributed by atoms with Crippen molar-refractivity contribution in [3.05, 3.63) is 0 Å². The predicted molar refractivity (Wildman–Crippen MR) is 37.3 cm³/mol. The Morgan fingerprint density at radius 3 is 2.80 bits per heavy atom. The van der Waals surface area contributed by atoms with E-state index in [-0.39, 0.29) is 5.91 Å². The zero-order valence-corrected chi connectivity index (χ0v) is 5.96. The first-order chi connectivity index (χ1) is 4.68. The lowest BCUT2D eigenvalue weighted by molar-refractivity contribution is -0.122. The monoisotopic (exact) mass is 144 g/mol. The molecular weight excluding hydrogens is 132 g/mol. The fourth-order valence-electron chi connectivity index (χ4n) is 0.415. The van der Waals surface area contributed by atoms with E-state index in [2.05, 4.69) is 5.32 Å². The molecule has 0 aromatic carbocycles. The molecule has 4 heteroatoms. The topological polar surface area (TPSA) is 72.2 Å². The molecule has 1 atom stereocenters. The Kier molecular flexibility index (Phi) is 4.49. The summed E-state index contributed by atoms with van der Waals surface area (Å²) in [5.41, 5.74) is 5.22. The Balaban J connectivity index is 3.30. The van der Waals surface area contributed by atoms with Crippen molar-refractivity contribution in [3.63, 3.8) is 0 Å². The fraction of sp³-hybridized carbons (Fsp3) is 0.667. The first kappa shape index (κ1) is 9.10. The maximum atomic E-state index is 10.7. The van der Waals surface area contributed by atoms with E-state index in [1.54, 1.807) is 6.92 Å². The zero-order chi connectivity index (χ0) is 7.98. The third kappa shape index (κ3) is 4.03. The number of rotatable bonds is 4. The van der Waals surface area contributed by atoms with Crippen LogP contribution >= 0.6 is 0 Å². The van der Waals surface area contributed by atoms with Crippen LogP contribution in [0.5, 0.6) is 0 Å². The van der Waals surface area contributed by atoms with E-state index in [0.717, 1.165) is 6.29 Å². The molecule has 0 bridgehead atoms. The molecule has 0 saturated heterocycles. The van der Waals surface area contributed by atoms with Crippen LogP contribution in [0.25, 0.3) is 0 Å². The Morgan fingerprint density at radius 2 is 2.40 bits per heavy atom. The van der Waals surface area contributed by atoms with E-state index < -0.39 is 6.04 Å². The van der Waals surface area contributed by atoms with Crippen molar-refractivity contribution < 1.29 is 9.59 Å². The van der Waals surface area contributed by atoms with Gasteiger partial charge in [0.1, 0.15) is 6.29 Å². The third-order valence-electron chi connectivity index (χ3n) is 0.975. The molecule has 3 N–H and O–H groups in total. The van der Waals surface area contributed by atoms with Gasteiger partial charge in [-0.05, 0) is 6.92 Å². The number of carbonyl (C=O) groups is 2. The number of nitrogens with one attached hydrogen (secondary N) is 1. The molecule has 0 spiro atoms. The lowest BCUT2D eigenvalue weighted by Gasteiger charge is -2.04. The summed E-state index contributed by atoms with van der Waals surface area (Å²) < 4.78 is 0. The molecule has 0 heterocycles. The van der Waals surface area contributed by atoms with Gasteiger partial charge in [0.25, 0.3) is 0 Å². The Bertz CT molecular complexity index is 123. The van der Waals surface area contributed by atoms with Crippen LogP contribution in [0.15, 0.2) is 0 Å². The molecule has 10 heavy (non-hydrogen) atoms. The molecule has 0 rings (SSSR count). The predicted octanol–water partition coefficient (Wildman–Crippen LogP) is -0.961. The number of amides is 1. The van der Waals surface area contributed by atoms with Gasteiger partial charge < -0.3 is 15.8 Å². The molecule has 0 aliphatic rings. The number of hydrogen-bond donors (Lipinski definition) is 2. The van der Waals surface area contributed by atoms with Crippen molar-refractivity contribution in [1.29, 1.82) is 0 Å². The summed E-state index contributed by atoms with van der Waals surface area (Å²) in [4.78, 5) is 20.4. The van der Waals surface area contributed by atoms with Crippen LogP contribution in [0, 0.1) is 0 Å². The molecule has 0 aromatic rings. The van der Waals surface area contributed by atoms with E-state index >= 15 is 0 Å². The highest BCUT2D eigenvalue weighted by Gasteiger charge is 2.04. The van der Waals surface area contributed by atoms with Gasteiger partial charge in [-0.25, -0.2) is 0 Å². The van der Waals surface area contributed by atoms with E-state index in [9.17, 15) is 9.59 Å². The lowest BCUT2D eigenvalue weighted by Crippen LogP contribution is -2.38. The van der Waals surface area contributed by atoms with Crippen molar-refractivity contribution >= 4 is 12.2 Å². The number of carbonyl (C=O) groups excluding carboxylic acids is 2. The summed E-state index contributed by atoms with van der Waals surface area (Å²) in [6.07, 6.45) is 1.10. The first-order valence-electron chi connectivity index (χ1n) is 3.15. The summed E-state index contributed by atoms with van der Waals surface area (Å²) in [6, 6.07) is -0.494. The zero-order valence-electron chi connectivity index (χ0n) is 5.96. The minimum absolute atomic E-state index is 0.221. The van der Waals surface area contributed by atoms with Crippen LogP contribution in [-0.4, -0.2) is 24.8 Å². The van der Waals surface area contributed by atoms with Gasteiger partial charge in [-0.2, -0.15) is 0 Å². The molecule has 0 radical (unpaired) electrons. The van der Waals surface area contributed by atoms with Crippen LogP contribution < -0.4 is 11.1 Å². The highest BCUT2D eigenvalue weighted by Crippen LogP contribution is 1.74. The Hall–Kier alpha value is -0.900. The van der Waals surface area contributed by atoms with Crippen molar-refractivity contribution in [1.82, 2.24) is 5.32 Å². The van der Waals surface area contributed by atoms with Gasteiger partial charge in [0, 0.05) is 13.0 Å². The Labute approximate surface area is 59.8 Å². The van der Waals surface area contributed by atoms with Crippen LogP contribution in [0.2, 0.25) is 0 Å². The molecule has 0 aromatic heterocycles. The van der Waals surface area contributed by atoms with Gasteiger partial charge in [0.2, 0.25) is 5.91 Å². The third-order valence-corrected chi connectivity index (χ3v) is 0.975. The lowest BCUT2D eigenvalue weighted by atomic mass is 10.3. The van der Waals surface area contributed by atoms with Gasteiger partial charge in [0.05, 0.1) is 6.04 Å². The smallest absolute Gasteiger partial charge is 0.236 e. The molecule has 0 aliphatic heterocycles. The maximum Gasteiger partial charge on any atom is 0.236 e. The van der Waals surface area contributed by atoms with Gasteiger partial charge in [-0.3, -0.25) is 4.79 Å². The molecule has 1 amide bonds. The van der Waals surface area contributed by atoms with E-state index in [1.807, 2.05) is 0 Å². The van der Waals surface area contributed by atoms with Crippen LogP contribution in [-0.2, 0) is 9.59 Å². The summed E-state index contributed by atoms with van der Waals surface area (Å²) in [7, 11) is 0. The van der Waals surface area contributed by atoms with Crippen molar-refractivity contribution in [2.45, 2.75) is 19.4 Å². The number of hydrogen-bond acceptors (Lipinski definition) is 3. The number of aldehydes is 1. The molecular formula is C6H12N2O2. The molecule has 58 valence electrons. The van der Waals surface area contributed by atoms with Crippen LogP contribution in [0.4, 0.5) is 0 Å². The molecule has 1 unspecified atom stereocenters. The van der Waals surface area contributed by atoms with Crippen LogP contribution in [0.3, 0.4) is 0 Å². The summed E-state index contributed by atoms with van der Waals surface area (Å²) in [5.74, 6) is -0.221. The molecule has 0 fully saturated rings. The fourth-order valence-corrected chi connectivity index (χ4v) is 0.415. The summed E-state index contributed by atoms with van der Waals surface area (Å²) >= 11 is 0. The minimum atomic E-state index is -0.494. The average Bonchev–Trinajstić information content (AvgIpc) is 1.88. The standard InChI is InChI=1S/C6H12N2O2/c1-5(7)6(10)8-3-2-4-9/h4-5H,2-3,7H2,1H3,(H,8,10). The van der Waals surface area contributed by atoms with Crippen molar-refractivity contribution in [3.8, 4) is 0 Å². The second-order valence-corrected chi connectivity index (χ2v) is 2.04. The maximum absolute atomic E-state index is 10.7. The molecule has 4 nitrogen and oxygen atoms in total. The van der Waals surface area contributed by atoms with Crippen LogP contribution in [0.1, 0.15) is 13.3 Å². The van der Waals surface area contributed by atoms with E-state index in [0.29, 0.717) is 13.0 Å². The highest BCUT2D eigenvalue weighted by molar-refractivity contribution is 5.81. The SMILES string of the molecule is CC(N)C(=O)NCCC=O. The highest BCUT2D eigenvalue weighted by atomic mass is 16.2. The summed E-state index contributed by atoms with van der Waals surface area (Å²) in [6.45, 7) is 1.97. The van der Waals surface area contributed by atoms with Gasteiger partial charge in [-0.1, -0.05) is 0 Å².